The Kier molecular flexibility index (Phi) is 5.36. The standard InChI is InChI=1S/C24H22N4O2/c1-3-30-24(29)21-15-28-23(16(21)2)22(19(13-25)14-26-28)27-20-11-9-18(10-12-20)17-7-5-4-6-8-17/h4-9,11,14-15,27H,3,10,12H2,1-2H3. The lowest BCUT2D eigenvalue weighted by atomic mass is 9.96. The van der Waals surface area contributed by atoms with E-state index in [1.54, 1.807) is 17.6 Å². The highest BCUT2D eigenvalue weighted by Crippen LogP contribution is 2.32. The zero-order chi connectivity index (χ0) is 21.1. The van der Waals surface area contributed by atoms with Crippen molar-refractivity contribution >= 4 is 22.7 Å². The summed E-state index contributed by atoms with van der Waals surface area (Å²) < 4.78 is 6.78. The Balaban J connectivity index is 1.72. The maximum absolute atomic E-state index is 12.3. The van der Waals surface area contributed by atoms with E-state index in [1.165, 1.54) is 17.3 Å². The molecule has 1 aromatic carbocycles. The SMILES string of the molecule is CCOC(=O)c1cn2ncc(C#N)c(NC3=CC=C(c4ccccc4)CC3)c2c1C. The molecule has 0 radical (unpaired) electrons. The Labute approximate surface area is 175 Å². The fourth-order valence-corrected chi connectivity index (χ4v) is 3.71. The minimum Gasteiger partial charge on any atom is -0.462 e. The largest absolute Gasteiger partial charge is 0.462 e. The Bertz CT molecular complexity index is 1210. The van der Waals surface area contributed by atoms with Gasteiger partial charge in [0, 0.05) is 11.9 Å². The van der Waals surface area contributed by atoms with Gasteiger partial charge in [-0.15, -0.1) is 0 Å². The molecule has 2 heterocycles. The molecule has 0 bridgehead atoms. The van der Waals surface area contributed by atoms with Crippen LogP contribution in [0.25, 0.3) is 11.1 Å². The first-order chi connectivity index (χ1) is 14.6. The molecule has 4 rings (SSSR count). The van der Waals surface area contributed by atoms with Gasteiger partial charge in [-0.3, -0.25) is 0 Å². The average Bonchev–Trinajstić information content (AvgIpc) is 3.12. The zero-order valence-corrected chi connectivity index (χ0v) is 17.0. The summed E-state index contributed by atoms with van der Waals surface area (Å²) in [6.45, 7) is 3.92. The second-order valence-corrected chi connectivity index (χ2v) is 7.10. The number of benzene rings is 1. The number of carbonyl (C=O) groups is 1. The number of hydrogen-bond donors (Lipinski definition) is 1. The third-order valence-corrected chi connectivity index (χ3v) is 5.25. The molecule has 0 fully saturated rings. The number of anilines is 1. The average molecular weight is 398 g/mol. The second kappa shape index (κ2) is 8.26. The Hall–Kier alpha value is -3.85. The number of nitrogens with zero attached hydrogens (tertiary/aromatic N) is 3. The molecule has 6 nitrogen and oxygen atoms in total. The van der Waals surface area contributed by atoms with Crippen LogP contribution in [-0.4, -0.2) is 22.2 Å². The number of aryl methyl sites for hydroxylation is 1. The second-order valence-electron chi connectivity index (χ2n) is 7.10. The van der Waals surface area contributed by atoms with Gasteiger partial charge in [-0.2, -0.15) is 10.4 Å². The molecule has 0 atom stereocenters. The fraction of sp³-hybridized carbons (Fsp3) is 0.208. The zero-order valence-electron chi connectivity index (χ0n) is 17.0. The molecule has 30 heavy (non-hydrogen) atoms. The topological polar surface area (TPSA) is 79.4 Å². The minimum atomic E-state index is -0.391. The van der Waals surface area contributed by atoms with E-state index in [4.69, 9.17) is 4.74 Å². The summed E-state index contributed by atoms with van der Waals surface area (Å²) >= 11 is 0. The van der Waals surface area contributed by atoms with Crippen molar-refractivity contribution < 1.29 is 9.53 Å². The van der Waals surface area contributed by atoms with Crippen LogP contribution in [0.2, 0.25) is 0 Å². The van der Waals surface area contributed by atoms with Gasteiger partial charge in [0.1, 0.15) is 6.07 Å². The number of rotatable bonds is 5. The van der Waals surface area contributed by atoms with E-state index < -0.39 is 5.97 Å². The molecule has 0 spiro atoms. The highest BCUT2D eigenvalue weighted by Gasteiger charge is 2.21. The van der Waals surface area contributed by atoms with Gasteiger partial charge in [-0.25, -0.2) is 9.31 Å². The summed E-state index contributed by atoms with van der Waals surface area (Å²) in [5.41, 5.74) is 6.49. The van der Waals surface area contributed by atoms with Crippen molar-refractivity contribution in [3.63, 3.8) is 0 Å². The van der Waals surface area contributed by atoms with Crippen LogP contribution >= 0.6 is 0 Å². The number of fused-ring (bicyclic) bond motifs is 1. The highest BCUT2D eigenvalue weighted by molar-refractivity contribution is 5.96. The van der Waals surface area contributed by atoms with Gasteiger partial charge < -0.3 is 10.1 Å². The van der Waals surface area contributed by atoms with Crippen LogP contribution in [0.1, 0.15) is 46.8 Å². The van der Waals surface area contributed by atoms with Crippen molar-refractivity contribution in [1.29, 1.82) is 5.26 Å². The van der Waals surface area contributed by atoms with E-state index in [0.29, 0.717) is 28.9 Å². The Morgan fingerprint density at radius 3 is 2.73 bits per heavy atom. The van der Waals surface area contributed by atoms with E-state index in [2.05, 4.69) is 40.8 Å². The molecule has 1 aliphatic rings. The third kappa shape index (κ3) is 3.58. The predicted octanol–water partition coefficient (Wildman–Crippen LogP) is 4.86. The van der Waals surface area contributed by atoms with Crippen LogP contribution in [0.15, 0.2) is 60.6 Å². The van der Waals surface area contributed by atoms with Gasteiger partial charge in [-0.1, -0.05) is 36.4 Å². The first kappa shape index (κ1) is 19.5. The molecule has 1 N–H and O–H groups in total. The van der Waals surface area contributed by atoms with Crippen molar-refractivity contribution in [2.24, 2.45) is 0 Å². The van der Waals surface area contributed by atoms with Crippen LogP contribution in [0.4, 0.5) is 5.69 Å². The van der Waals surface area contributed by atoms with E-state index >= 15 is 0 Å². The molecule has 150 valence electrons. The monoisotopic (exact) mass is 398 g/mol. The number of hydrogen-bond acceptors (Lipinski definition) is 5. The van der Waals surface area contributed by atoms with Crippen LogP contribution in [0.3, 0.4) is 0 Å². The van der Waals surface area contributed by atoms with Crippen molar-refractivity contribution in [2.45, 2.75) is 26.7 Å². The van der Waals surface area contributed by atoms with Gasteiger partial charge in [0.2, 0.25) is 0 Å². The number of esters is 1. The number of nitriles is 1. The first-order valence-corrected chi connectivity index (χ1v) is 9.92. The summed E-state index contributed by atoms with van der Waals surface area (Å²) in [7, 11) is 0. The molecule has 0 saturated heterocycles. The number of allylic oxidation sites excluding steroid dienone is 4. The molecule has 6 heteroatoms. The van der Waals surface area contributed by atoms with Crippen molar-refractivity contribution in [3.8, 4) is 6.07 Å². The lowest BCUT2D eigenvalue weighted by molar-refractivity contribution is 0.0525. The normalized spacial score (nSPS) is 13.4. The van der Waals surface area contributed by atoms with Crippen LogP contribution < -0.4 is 5.32 Å². The lowest BCUT2D eigenvalue weighted by Crippen LogP contribution is -2.07. The maximum Gasteiger partial charge on any atom is 0.340 e. The van der Waals surface area contributed by atoms with Gasteiger partial charge in [0.25, 0.3) is 0 Å². The molecule has 2 aromatic heterocycles. The van der Waals surface area contributed by atoms with Crippen LogP contribution in [0.5, 0.6) is 0 Å². The minimum absolute atomic E-state index is 0.301. The Morgan fingerprint density at radius 2 is 2.07 bits per heavy atom. The number of ether oxygens (including phenoxy) is 1. The summed E-state index contributed by atoms with van der Waals surface area (Å²) in [5.74, 6) is -0.391. The van der Waals surface area contributed by atoms with Crippen LogP contribution in [0, 0.1) is 18.3 Å². The van der Waals surface area contributed by atoms with E-state index in [1.807, 2.05) is 25.1 Å². The van der Waals surface area contributed by atoms with Gasteiger partial charge >= 0.3 is 5.97 Å². The summed E-state index contributed by atoms with van der Waals surface area (Å²) in [6, 6.07) is 12.5. The smallest absolute Gasteiger partial charge is 0.340 e. The van der Waals surface area contributed by atoms with Gasteiger partial charge in [0.05, 0.1) is 35.1 Å². The number of nitrogens with one attached hydrogen (secondary N) is 1. The molecule has 1 aliphatic carbocycles. The van der Waals surface area contributed by atoms with E-state index in [0.717, 1.165) is 24.1 Å². The number of aromatic nitrogens is 2. The van der Waals surface area contributed by atoms with E-state index in [9.17, 15) is 10.1 Å². The molecule has 0 amide bonds. The van der Waals surface area contributed by atoms with Gasteiger partial charge in [-0.05, 0) is 49.5 Å². The summed E-state index contributed by atoms with van der Waals surface area (Å²) in [4.78, 5) is 12.3. The van der Waals surface area contributed by atoms with Crippen LogP contribution in [-0.2, 0) is 4.74 Å². The lowest BCUT2D eigenvalue weighted by Gasteiger charge is -2.18. The molecule has 0 saturated carbocycles. The number of carbonyl (C=O) groups excluding carboxylic acids is 1. The molecule has 3 aromatic rings. The third-order valence-electron chi connectivity index (χ3n) is 5.25. The van der Waals surface area contributed by atoms with Crippen molar-refractivity contribution in [1.82, 2.24) is 9.61 Å². The van der Waals surface area contributed by atoms with E-state index in [-0.39, 0.29) is 0 Å². The molecular formula is C24H22N4O2. The van der Waals surface area contributed by atoms with Crippen molar-refractivity contribution in [3.05, 3.63) is 82.8 Å². The molecule has 0 aliphatic heterocycles. The summed E-state index contributed by atoms with van der Waals surface area (Å²) in [5, 5.41) is 17.3. The highest BCUT2D eigenvalue weighted by atomic mass is 16.5. The fourth-order valence-electron chi connectivity index (χ4n) is 3.71. The Morgan fingerprint density at radius 1 is 1.27 bits per heavy atom. The predicted molar refractivity (Wildman–Crippen MR) is 116 cm³/mol. The molecular weight excluding hydrogens is 376 g/mol. The quantitative estimate of drug-likeness (QED) is 0.621. The molecule has 0 unspecified atom stereocenters. The summed E-state index contributed by atoms with van der Waals surface area (Å²) in [6.07, 6.45) is 9.05. The van der Waals surface area contributed by atoms with Gasteiger partial charge in [0.15, 0.2) is 0 Å². The maximum atomic E-state index is 12.3. The van der Waals surface area contributed by atoms with Crippen molar-refractivity contribution in [2.75, 3.05) is 11.9 Å². The first-order valence-electron chi connectivity index (χ1n) is 9.92.